The minimum Gasteiger partial charge on any atom is -0.373 e. The number of amides is 1. The molecule has 1 amide bonds. The molecule has 0 radical (unpaired) electrons. The van der Waals surface area contributed by atoms with Crippen LogP contribution in [0.2, 0.25) is 0 Å². The van der Waals surface area contributed by atoms with Crippen molar-refractivity contribution in [2.75, 3.05) is 19.8 Å². The van der Waals surface area contributed by atoms with Gasteiger partial charge in [0.25, 0.3) is 0 Å². The van der Waals surface area contributed by atoms with Crippen molar-refractivity contribution in [3.8, 4) is 0 Å². The molecule has 2 aliphatic rings. The lowest BCUT2D eigenvalue weighted by molar-refractivity contribution is -0.158. The number of carbonyl (C=O) groups excluding carboxylic acids is 1. The summed E-state index contributed by atoms with van der Waals surface area (Å²) < 4.78 is 50.9. The molecular formula is C17H23FN2O5S. The standard InChI is InChI=1S/C17H23FN2O5S/c18-12-2-1-3-14(10-12)26(22,23)19-7-6-17(21)20-13-4-5-15-16(11-13)25-9-8-24-15/h1-3,10,13,15-16,19H,4-9,11H2,(H,20,21)/t13-,15-,16-/m1/s1. The lowest BCUT2D eigenvalue weighted by atomic mass is 9.89. The number of benzene rings is 1. The van der Waals surface area contributed by atoms with Gasteiger partial charge < -0.3 is 14.8 Å². The number of sulfonamides is 1. The van der Waals surface area contributed by atoms with E-state index in [1.165, 1.54) is 18.2 Å². The maximum atomic E-state index is 13.2. The summed E-state index contributed by atoms with van der Waals surface area (Å²) in [5.41, 5.74) is 0. The quantitative estimate of drug-likeness (QED) is 0.759. The molecular weight excluding hydrogens is 363 g/mol. The average Bonchev–Trinajstić information content (AvgIpc) is 2.61. The number of nitrogens with one attached hydrogen (secondary N) is 2. The molecule has 1 aromatic carbocycles. The van der Waals surface area contributed by atoms with Crippen LogP contribution in [0.5, 0.6) is 0 Å². The number of carbonyl (C=O) groups is 1. The summed E-state index contributed by atoms with van der Waals surface area (Å²) in [6.07, 6.45) is 2.47. The zero-order chi connectivity index (χ0) is 18.6. The second-order valence-corrected chi connectivity index (χ2v) is 8.27. The van der Waals surface area contributed by atoms with Crippen molar-refractivity contribution in [3.63, 3.8) is 0 Å². The molecule has 1 aliphatic heterocycles. The first-order valence-corrected chi connectivity index (χ1v) is 10.2. The molecule has 0 unspecified atom stereocenters. The normalized spacial score (nSPS) is 26.1. The van der Waals surface area contributed by atoms with Gasteiger partial charge in [-0.15, -0.1) is 0 Å². The van der Waals surface area contributed by atoms with Crippen LogP contribution < -0.4 is 10.0 Å². The molecule has 1 aromatic rings. The van der Waals surface area contributed by atoms with Crippen LogP contribution in [0.25, 0.3) is 0 Å². The Hall–Kier alpha value is -1.55. The van der Waals surface area contributed by atoms with Gasteiger partial charge in [-0.05, 0) is 37.5 Å². The molecule has 2 N–H and O–H groups in total. The van der Waals surface area contributed by atoms with Gasteiger partial charge in [0, 0.05) is 19.0 Å². The maximum absolute atomic E-state index is 13.2. The first kappa shape index (κ1) is 19.2. The molecule has 2 fully saturated rings. The molecule has 7 nitrogen and oxygen atoms in total. The SMILES string of the molecule is O=C(CCNS(=O)(=O)c1cccc(F)c1)N[C@@H]1CC[C@H]2OCCO[C@@H]2C1. The molecule has 1 saturated carbocycles. The fraction of sp³-hybridized carbons (Fsp3) is 0.588. The smallest absolute Gasteiger partial charge is 0.240 e. The molecule has 144 valence electrons. The van der Waals surface area contributed by atoms with Crippen LogP contribution >= 0.6 is 0 Å². The monoisotopic (exact) mass is 386 g/mol. The molecule has 0 bridgehead atoms. The summed E-state index contributed by atoms with van der Waals surface area (Å²) in [7, 11) is -3.83. The molecule has 26 heavy (non-hydrogen) atoms. The van der Waals surface area contributed by atoms with E-state index in [0.29, 0.717) is 19.6 Å². The Morgan fingerprint density at radius 2 is 1.96 bits per heavy atom. The molecule has 0 spiro atoms. The van der Waals surface area contributed by atoms with E-state index >= 15 is 0 Å². The zero-order valence-corrected chi connectivity index (χ0v) is 15.1. The van der Waals surface area contributed by atoms with Crippen LogP contribution in [0.1, 0.15) is 25.7 Å². The summed E-state index contributed by atoms with van der Waals surface area (Å²) in [4.78, 5) is 11.9. The highest BCUT2D eigenvalue weighted by atomic mass is 32.2. The van der Waals surface area contributed by atoms with E-state index in [-0.39, 0.29) is 42.0 Å². The Morgan fingerprint density at radius 3 is 2.73 bits per heavy atom. The van der Waals surface area contributed by atoms with E-state index in [0.717, 1.165) is 18.9 Å². The van der Waals surface area contributed by atoms with Gasteiger partial charge in [0.15, 0.2) is 0 Å². The van der Waals surface area contributed by atoms with Crippen molar-refractivity contribution in [2.24, 2.45) is 0 Å². The van der Waals surface area contributed by atoms with Gasteiger partial charge in [-0.25, -0.2) is 17.5 Å². The van der Waals surface area contributed by atoms with Gasteiger partial charge >= 0.3 is 0 Å². The minimum absolute atomic E-state index is 0.00489. The number of hydrogen-bond acceptors (Lipinski definition) is 5. The van der Waals surface area contributed by atoms with Crippen molar-refractivity contribution in [1.29, 1.82) is 0 Å². The van der Waals surface area contributed by atoms with E-state index < -0.39 is 15.8 Å². The number of fused-ring (bicyclic) bond motifs is 1. The van der Waals surface area contributed by atoms with Gasteiger partial charge in [0.1, 0.15) is 5.82 Å². The Morgan fingerprint density at radius 1 is 1.19 bits per heavy atom. The molecule has 0 aromatic heterocycles. The Bertz CT molecular complexity index is 742. The molecule has 1 saturated heterocycles. The van der Waals surface area contributed by atoms with E-state index in [1.54, 1.807) is 0 Å². The third-order valence-corrected chi connectivity index (χ3v) is 6.05. The van der Waals surface area contributed by atoms with Gasteiger partial charge in [-0.1, -0.05) is 6.07 Å². The number of rotatable bonds is 6. The lowest BCUT2D eigenvalue weighted by Crippen LogP contribution is -2.49. The van der Waals surface area contributed by atoms with Crippen molar-refractivity contribution >= 4 is 15.9 Å². The first-order chi connectivity index (χ1) is 12.4. The van der Waals surface area contributed by atoms with Gasteiger partial charge in [-0.3, -0.25) is 4.79 Å². The van der Waals surface area contributed by atoms with Crippen molar-refractivity contribution in [1.82, 2.24) is 10.0 Å². The zero-order valence-electron chi connectivity index (χ0n) is 14.3. The van der Waals surface area contributed by atoms with Crippen molar-refractivity contribution in [2.45, 2.75) is 48.8 Å². The van der Waals surface area contributed by atoms with Crippen molar-refractivity contribution in [3.05, 3.63) is 30.1 Å². The lowest BCUT2D eigenvalue weighted by Gasteiger charge is -2.39. The topological polar surface area (TPSA) is 93.7 Å². The van der Waals surface area contributed by atoms with E-state index in [9.17, 15) is 17.6 Å². The van der Waals surface area contributed by atoms with Gasteiger partial charge in [0.2, 0.25) is 15.9 Å². The summed E-state index contributed by atoms with van der Waals surface area (Å²) in [6, 6.07) is 4.74. The average molecular weight is 386 g/mol. The molecule has 3 atom stereocenters. The van der Waals surface area contributed by atoms with E-state index in [4.69, 9.17) is 9.47 Å². The Kier molecular flexibility index (Phi) is 6.23. The van der Waals surface area contributed by atoms with Crippen LogP contribution in [0.15, 0.2) is 29.2 Å². The van der Waals surface area contributed by atoms with Crippen LogP contribution in [0.3, 0.4) is 0 Å². The molecule has 1 aliphatic carbocycles. The minimum atomic E-state index is -3.83. The van der Waals surface area contributed by atoms with Crippen LogP contribution in [0.4, 0.5) is 4.39 Å². The summed E-state index contributed by atoms with van der Waals surface area (Å²) >= 11 is 0. The van der Waals surface area contributed by atoms with Gasteiger partial charge in [-0.2, -0.15) is 0 Å². The molecule has 9 heteroatoms. The third kappa shape index (κ3) is 5.00. The Balaban J connectivity index is 1.43. The second kappa shape index (κ2) is 8.43. The first-order valence-electron chi connectivity index (χ1n) is 8.72. The maximum Gasteiger partial charge on any atom is 0.240 e. The molecule has 1 heterocycles. The highest BCUT2D eigenvalue weighted by molar-refractivity contribution is 7.89. The summed E-state index contributed by atoms with van der Waals surface area (Å²) in [6.45, 7) is 1.14. The number of ether oxygens (including phenoxy) is 2. The predicted molar refractivity (Wildman–Crippen MR) is 91.5 cm³/mol. The number of halogens is 1. The van der Waals surface area contributed by atoms with Crippen molar-refractivity contribution < 1.29 is 27.1 Å². The third-order valence-electron chi connectivity index (χ3n) is 4.59. The fourth-order valence-electron chi connectivity index (χ4n) is 3.31. The highest BCUT2D eigenvalue weighted by Crippen LogP contribution is 2.26. The van der Waals surface area contributed by atoms with Crippen LogP contribution in [0, 0.1) is 5.82 Å². The molecule has 3 rings (SSSR count). The van der Waals surface area contributed by atoms with Crippen LogP contribution in [-0.2, 0) is 24.3 Å². The van der Waals surface area contributed by atoms with E-state index in [1.807, 2.05) is 0 Å². The largest absolute Gasteiger partial charge is 0.373 e. The predicted octanol–water partition coefficient (Wildman–Crippen LogP) is 0.947. The second-order valence-electron chi connectivity index (χ2n) is 6.50. The van der Waals surface area contributed by atoms with E-state index in [2.05, 4.69) is 10.0 Å². The highest BCUT2D eigenvalue weighted by Gasteiger charge is 2.34. The number of hydrogen-bond donors (Lipinski definition) is 2. The summed E-state index contributed by atoms with van der Waals surface area (Å²) in [5, 5.41) is 2.92. The Labute approximate surface area is 152 Å². The fourth-order valence-corrected chi connectivity index (χ4v) is 4.38. The van der Waals surface area contributed by atoms with Crippen LogP contribution in [-0.4, -0.2) is 52.3 Å². The van der Waals surface area contributed by atoms with Gasteiger partial charge in [0.05, 0.1) is 30.3 Å². The summed E-state index contributed by atoms with van der Waals surface area (Å²) in [5.74, 6) is -0.859.